The first-order valence-corrected chi connectivity index (χ1v) is 20.5. The lowest BCUT2D eigenvalue weighted by Crippen LogP contribution is -2.50. The van der Waals surface area contributed by atoms with Crippen molar-refractivity contribution in [2.45, 2.75) is 90.3 Å². The quantitative estimate of drug-likeness (QED) is 0.226. The molecule has 0 amide bonds. The van der Waals surface area contributed by atoms with Gasteiger partial charge in [-0.3, -0.25) is 14.1 Å². The number of carboxylic acids is 1. The minimum atomic E-state index is -4.11. The van der Waals surface area contributed by atoms with Crippen LogP contribution in [-0.2, 0) is 30.8 Å². The summed E-state index contributed by atoms with van der Waals surface area (Å²) in [4.78, 5) is 20.1. The normalized spacial score (nSPS) is 20.1. The average molecular weight is 776 g/mol. The summed E-state index contributed by atoms with van der Waals surface area (Å²) in [5.74, 6) is -0.107. The van der Waals surface area contributed by atoms with Gasteiger partial charge in [0.05, 0.1) is 38.4 Å². The van der Waals surface area contributed by atoms with Gasteiger partial charge in [0.2, 0.25) is 15.9 Å². The van der Waals surface area contributed by atoms with Gasteiger partial charge >= 0.3 is 5.97 Å². The molecule has 3 aliphatic rings. The SMILES string of the molecule is Cc1ccc([C@H](c2ccn3c(C)nnc3c2C)C(C)(C)C(=O)O)cc1CN1CC2(CCOCC2)Oc2nc(N[C@H](C)CN3CCOCC3)c(C)cc2S1(=O)=O. The molecule has 4 aromatic rings. The van der Waals surface area contributed by atoms with E-state index in [4.69, 9.17) is 19.2 Å². The van der Waals surface area contributed by atoms with Crippen LogP contribution in [-0.4, -0.2) is 113 Å². The van der Waals surface area contributed by atoms with Crippen LogP contribution in [0.25, 0.3) is 5.65 Å². The standard InChI is InChI=1S/C40H53N7O7S/c1-25-8-9-30(34(39(6,7)38(48)49)32-10-13-47-29(5)43-44-36(47)28(32)4)21-31(25)23-46-24-40(11-16-52-17-12-40)54-37-33(55(46,50)51)20-26(2)35(42-37)41-27(3)22-45-14-18-53-19-15-45/h8-10,13,20-21,27,34H,11-12,14-19,22-24H2,1-7H3,(H,41,42)(H,48,49)/t27-,34-/m1/s1. The third-order valence-electron chi connectivity index (χ3n) is 11.6. The Morgan fingerprint density at radius 3 is 2.42 bits per heavy atom. The highest BCUT2D eigenvalue weighted by molar-refractivity contribution is 7.89. The van der Waals surface area contributed by atoms with Gasteiger partial charge in [-0.25, -0.2) is 8.42 Å². The van der Waals surface area contributed by atoms with Crippen LogP contribution >= 0.6 is 0 Å². The maximum atomic E-state index is 14.8. The first kappa shape index (κ1) is 39.1. The second-order valence-corrected chi connectivity index (χ2v) is 18.0. The Bertz CT molecular complexity index is 2190. The summed E-state index contributed by atoms with van der Waals surface area (Å²) >= 11 is 0. The van der Waals surface area contributed by atoms with Crippen molar-refractivity contribution in [1.82, 2.24) is 28.8 Å². The van der Waals surface area contributed by atoms with Crippen LogP contribution in [0.2, 0.25) is 0 Å². The molecule has 296 valence electrons. The van der Waals surface area contributed by atoms with Gasteiger partial charge in [-0.1, -0.05) is 18.2 Å². The number of ether oxygens (including phenoxy) is 3. The molecular formula is C40H53N7O7S. The molecule has 15 heteroatoms. The fraction of sp³-hybridized carbons (Fsp3) is 0.550. The van der Waals surface area contributed by atoms with E-state index in [1.54, 1.807) is 19.9 Å². The van der Waals surface area contributed by atoms with E-state index >= 15 is 0 Å². The second kappa shape index (κ2) is 15.1. The third kappa shape index (κ3) is 7.56. The van der Waals surface area contributed by atoms with Crippen molar-refractivity contribution in [2.75, 3.05) is 57.9 Å². The Kier molecular flexibility index (Phi) is 10.7. The van der Waals surface area contributed by atoms with E-state index < -0.39 is 32.9 Å². The average Bonchev–Trinajstić information content (AvgIpc) is 3.49. The van der Waals surface area contributed by atoms with Crippen LogP contribution in [0.4, 0.5) is 5.82 Å². The van der Waals surface area contributed by atoms with Gasteiger partial charge in [-0.15, -0.1) is 10.2 Å². The number of morpholine rings is 1. The summed E-state index contributed by atoms with van der Waals surface area (Å²) in [6.45, 7) is 18.2. The van der Waals surface area contributed by atoms with E-state index in [1.807, 2.05) is 62.6 Å². The fourth-order valence-corrected chi connectivity index (χ4v) is 9.84. The van der Waals surface area contributed by atoms with Crippen LogP contribution in [0.1, 0.15) is 78.7 Å². The topological polar surface area (TPSA) is 161 Å². The Balaban J connectivity index is 1.26. The van der Waals surface area contributed by atoms with Gasteiger partial charge < -0.3 is 24.6 Å². The molecule has 3 aliphatic heterocycles. The summed E-state index contributed by atoms with van der Waals surface area (Å²) in [6.07, 6.45) is 2.88. The maximum absolute atomic E-state index is 14.8. The van der Waals surface area contributed by atoms with Crippen LogP contribution < -0.4 is 10.1 Å². The first-order valence-electron chi connectivity index (χ1n) is 19.1. The third-order valence-corrected chi connectivity index (χ3v) is 13.4. The van der Waals surface area contributed by atoms with E-state index in [0.717, 1.165) is 53.3 Å². The monoisotopic (exact) mass is 775 g/mol. The van der Waals surface area contributed by atoms with Crippen molar-refractivity contribution in [3.63, 3.8) is 0 Å². The zero-order valence-corrected chi connectivity index (χ0v) is 33.7. The van der Waals surface area contributed by atoms with E-state index in [0.29, 0.717) is 56.3 Å². The molecule has 2 N–H and O–H groups in total. The number of benzene rings is 1. The number of carbonyl (C=O) groups is 1. The molecule has 14 nitrogen and oxygen atoms in total. The highest BCUT2D eigenvalue weighted by Gasteiger charge is 2.46. The predicted molar refractivity (Wildman–Crippen MR) is 207 cm³/mol. The second-order valence-electron chi connectivity index (χ2n) is 16.1. The van der Waals surface area contributed by atoms with Gasteiger partial charge in [0.1, 0.15) is 22.1 Å². The van der Waals surface area contributed by atoms with Crippen LogP contribution in [0.5, 0.6) is 5.88 Å². The number of hydrogen-bond donors (Lipinski definition) is 2. The molecule has 0 aliphatic carbocycles. The number of aromatic nitrogens is 4. The zero-order valence-electron chi connectivity index (χ0n) is 32.9. The number of nitrogens with one attached hydrogen (secondary N) is 1. The van der Waals surface area contributed by atoms with Gasteiger partial charge in [0, 0.05) is 57.2 Å². The fourth-order valence-electron chi connectivity index (χ4n) is 8.22. The van der Waals surface area contributed by atoms with Gasteiger partial charge in [0.25, 0.3) is 0 Å². The number of hydrogen-bond acceptors (Lipinski definition) is 11. The summed E-state index contributed by atoms with van der Waals surface area (Å²) in [7, 11) is -4.11. The van der Waals surface area contributed by atoms with Crippen molar-refractivity contribution in [2.24, 2.45) is 5.41 Å². The molecule has 2 atom stereocenters. The molecule has 0 radical (unpaired) electrons. The Hall–Kier alpha value is -4.15. The largest absolute Gasteiger partial charge is 0.481 e. The van der Waals surface area contributed by atoms with Crippen molar-refractivity contribution in [1.29, 1.82) is 0 Å². The van der Waals surface area contributed by atoms with Crippen molar-refractivity contribution < 1.29 is 32.5 Å². The lowest BCUT2D eigenvalue weighted by atomic mass is 9.70. The molecule has 0 saturated carbocycles. The van der Waals surface area contributed by atoms with Crippen LogP contribution in [0.15, 0.2) is 41.4 Å². The number of fused-ring (bicyclic) bond motifs is 2. The number of sulfonamides is 1. The minimum absolute atomic E-state index is 0.0333. The first-order chi connectivity index (χ1) is 26.1. The number of rotatable bonds is 10. The summed E-state index contributed by atoms with van der Waals surface area (Å²) in [5, 5.41) is 22.7. The molecule has 0 unspecified atom stereocenters. The predicted octanol–water partition coefficient (Wildman–Crippen LogP) is 4.87. The molecule has 1 spiro atoms. The van der Waals surface area contributed by atoms with Crippen molar-refractivity contribution in [3.8, 4) is 5.88 Å². The molecule has 2 fully saturated rings. The van der Waals surface area contributed by atoms with Gasteiger partial charge in [-0.2, -0.15) is 9.29 Å². The highest BCUT2D eigenvalue weighted by Crippen LogP contribution is 2.45. The summed E-state index contributed by atoms with van der Waals surface area (Å²) < 4.78 is 51.0. The molecule has 1 aromatic carbocycles. The molecule has 2 saturated heterocycles. The van der Waals surface area contributed by atoms with Crippen LogP contribution in [0, 0.1) is 33.1 Å². The van der Waals surface area contributed by atoms with Crippen LogP contribution in [0.3, 0.4) is 0 Å². The summed E-state index contributed by atoms with van der Waals surface area (Å²) in [6, 6.07) is 9.53. The Morgan fingerprint density at radius 2 is 1.71 bits per heavy atom. The lowest BCUT2D eigenvalue weighted by molar-refractivity contribution is -0.147. The van der Waals surface area contributed by atoms with E-state index in [9.17, 15) is 18.3 Å². The van der Waals surface area contributed by atoms with Crippen molar-refractivity contribution >= 4 is 27.5 Å². The summed E-state index contributed by atoms with van der Waals surface area (Å²) in [5.41, 5.74) is 3.37. The number of aliphatic carboxylic acids is 1. The molecule has 55 heavy (non-hydrogen) atoms. The molecular weight excluding hydrogens is 723 g/mol. The molecule has 0 bridgehead atoms. The number of aryl methyl sites for hydroxylation is 4. The maximum Gasteiger partial charge on any atom is 0.310 e. The molecule has 3 aromatic heterocycles. The van der Waals surface area contributed by atoms with Crippen molar-refractivity contribution in [3.05, 3.63) is 75.7 Å². The molecule has 6 heterocycles. The minimum Gasteiger partial charge on any atom is -0.481 e. The van der Waals surface area contributed by atoms with E-state index in [2.05, 4.69) is 27.3 Å². The lowest BCUT2D eigenvalue weighted by Gasteiger charge is -2.38. The Labute approximate surface area is 323 Å². The number of pyridine rings is 2. The van der Waals surface area contributed by atoms with E-state index in [-0.39, 0.29) is 29.9 Å². The smallest absolute Gasteiger partial charge is 0.310 e. The van der Waals surface area contributed by atoms with E-state index in [1.165, 1.54) is 4.31 Å². The van der Waals surface area contributed by atoms with Gasteiger partial charge in [-0.05, 0) is 94.0 Å². The zero-order chi connectivity index (χ0) is 39.3. The number of nitrogens with zero attached hydrogens (tertiary/aromatic N) is 6. The molecule has 7 rings (SSSR count). The number of anilines is 1. The highest BCUT2D eigenvalue weighted by atomic mass is 32.2. The van der Waals surface area contributed by atoms with Gasteiger partial charge in [0.15, 0.2) is 5.65 Å². The number of carboxylic acid groups (broad SMARTS) is 1. The Morgan fingerprint density at radius 1 is 1.00 bits per heavy atom.